The molecule has 4 nitrogen and oxygen atoms in total. The van der Waals surface area contributed by atoms with Crippen LogP contribution in [0.15, 0.2) is 18.2 Å². The van der Waals surface area contributed by atoms with Crippen LogP contribution in [0.1, 0.15) is 36.6 Å². The molecule has 1 aromatic carbocycles. The van der Waals surface area contributed by atoms with Gasteiger partial charge in [0.15, 0.2) is 0 Å². The van der Waals surface area contributed by atoms with Crippen molar-refractivity contribution in [2.75, 3.05) is 32.6 Å². The van der Waals surface area contributed by atoms with E-state index < -0.39 is 7.14 Å². The second-order valence-electron chi connectivity index (χ2n) is 8.33. The van der Waals surface area contributed by atoms with Crippen molar-refractivity contribution in [2.24, 2.45) is 5.92 Å². The molecule has 1 saturated heterocycles. The number of aromatic nitrogens is 1. The molecular formula is C21H30N3OP. The van der Waals surface area contributed by atoms with Gasteiger partial charge in [-0.2, -0.15) is 5.26 Å². The molecule has 0 aliphatic carbocycles. The summed E-state index contributed by atoms with van der Waals surface area (Å²) in [6.07, 6.45) is 3.19. The van der Waals surface area contributed by atoms with Crippen molar-refractivity contribution in [3.8, 4) is 6.07 Å². The van der Waals surface area contributed by atoms with Crippen molar-refractivity contribution < 1.29 is 4.57 Å². The summed E-state index contributed by atoms with van der Waals surface area (Å²) in [5, 5.41) is 10.7. The Labute approximate surface area is 157 Å². The third-order valence-electron chi connectivity index (χ3n) is 5.71. The van der Waals surface area contributed by atoms with E-state index in [1.54, 1.807) is 0 Å². The number of rotatable bonds is 5. The molecule has 1 aliphatic heterocycles. The largest absolute Gasteiger partial charge is 0.332 e. The van der Waals surface area contributed by atoms with E-state index in [1.165, 1.54) is 37.1 Å². The summed E-state index contributed by atoms with van der Waals surface area (Å²) in [6.45, 7) is 12.1. The first-order chi connectivity index (χ1) is 12.3. The van der Waals surface area contributed by atoms with Gasteiger partial charge in [0.25, 0.3) is 0 Å². The molecule has 3 rings (SSSR count). The van der Waals surface area contributed by atoms with Crippen LogP contribution in [0.5, 0.6) is 0 Å². The highest BCUT2D eigenvalue weighted by Crippen LogP contribution is 2.36. The van der Waals surface area contributed by atoms with Gasteiger partial charge in [-0.15, -0.1) is 0 Å². The molecule has 0 spiro atoms. The lowest BCUT2D eigenvalue weighted by molar-refractivity contribution is 0.185. The number of hydrogen-bond acceptors (Lipinski definition) is 3. The molecule has 1 aliphatic rings. The smallest absolute Gasteiger partial charge is 0.121 e. The van der Waals surface area contributed by atoms with Crippen LogP contribution in [-0.2, 0) is 17.7 Å². The molecule has 1 fully saturated rings. The monoisotopic (exact) mass is 371 g/mol. The molecular weight excluding hydrogens is 341 g/mol. The fourth-order valence-corrected chi connectivity index (χ4v) is 4.51. The Morgan fingerprint density at radius 1 is 1.27 bits per heavy atom. The molecule has 26 heavy (non-hydrogen) atoms. The maximum Gasteiger partial charge on any atom is 0.121 e. The fourth-order valence-electron chi connectivity index (χ4n) is 3.83. The lowest BCUT2D eigenvalue weighted by atomic mass is 9.97. The SMILES string of the molecule is Cc1c(CN2CCC(C)CC2)ccc2c1cc(C#N)n2CCP(C)(C)=O. The van der Waals surface area contributed by atoms with Crippen LogP contribution in [0.3, 0.4) is 0 Å². The molecule has 0 saturated carbocycles. The molecule has 5 heteroatoms. The van der Waals surface area contributed by atoms with E-state index in [0.29, 0.717) is 18.4 Å². The third kappa shape index (κ3) is 4.22. The van der Waals surface area contributed by atoms with Gasteiger partial charge in [0.05, 0.1) is 7.14 Å². The summed E-state index contributed by atoms with van der Waals surface area (Å²) in [6, 6.07) is 8.67. The van der Waals surface area contributed by atoms with Gasteiger partial charge >= 0.3 is 0 Å². The molecule has 1 aromatic heterocycles. The van der Waals surface area contributed by atoms with Crippen molar-refractivity contribution in [3.05, 3.63) is 35.0 Å². The van der Waals surface area contributed by atoms with Crippen LogP contribution >= 0.6 is 7.14 Å². The van der Waals surface area contributed by atoms with E-state index in [4.69, 9.17) is 0 Å². The predicted molar refractivity (Wildman–Crippen MR) is 109 cm³/mol. The molecule has 140 valence electrons. The lowest BCUT2D eigenvalue weighted by Gasteiger charge is -2.30. The van der Waals surface area contributed by atoms with Gasteiger partial charge in [-0.05, 0) is 75.4 Å². The minimum atomic E-state index is -2.10. The topological polar surface area (TPSA) is 49.0 Å². The fraction of sp³-hybridized carbons (Fsp3) is 0.571. The minimum Gasteiger partial charge on any atom is -0.332 e. The summed E-state index contributed by atoms with van der Waals surface area (Å²) < 4.78 is 14.1. The van der Waals surface area contributed by atoms with Crippen molar-refractivity contribution in [3.63, 3.8) is 0 Å². The average Bonchev–Trinajstić information content (AvgIpc) is 2.95. The van der Waals surface area contributed by atoms with Gasteiger partial charge in [-0.25, -0.2) is 0 Å². The number of benzene rings is 1. The third-order valence-corrected chi connectivity index (χ3v) is 6.99. The molecule has 0 radical (unpaired) electrons. The average molecular weight is 371 g/mol. The van der Waals surface area contributed by atoms with Gasteiger partial charge in [-0.3, -0.25) is 4.90 Å². The van der Waals surface area contributed by atoms with Gasteiger partial charge in [0.2, 0.25) is 0 Å². The van der Waals surface area contributed by atoms with Crippen molar-refractivity contribution in [1.82, 2.24) is 9.47 Å². The first kappa shape index (κ1) is 19.2. The Bertz CT molecular complexity index is 879. The molecule has 0 bridgehead atoms. The molecule has 2 aromatic rings. The summed E-state index contributed by atoms with van der Waals surface area (Å²) in [5.74, 6) is 0.843. The van der Waals surface area contributed by atoms with Gasteiger partial charge < -0.3 is 9.13 Å². The number of nitrogens with zero attached hydrogens (tertiary/aromatic N) is 3. The van der Waals surface area contributed by atoms with Crippen LogP contribution in [0.2, 0.25) is 0 Å². The maximum atomic E-state index is 12.1. The Morgan fingerprint density at radius 2 is 1.96 bits per heavy atom. The second-order valence-corrected chi connectivity index (χ2v) is 11.9. The van der Waals surface area contributed by atoms with E-state index in [1.807, 2.05) is 24.0 Å². The quantitative estimate of drug-likeness (QED) is 0.717. The highest BCUT2D eigenvalue weighted by Gasteiger charge is 2.19. The van der Waals surface area contributed by atoms with Crippen LogP contribution < -0.4 is 0 Å². The molecule has 0 N–H and O–H groups in total. The van der Waals surface area contributed by atoms with E-state index >= 15 is 0 Å². The number of nitriles is 1. The van der Waals surface area contributed by atoms with E-state index in [0.717, 1.165) is 23.4 Å². The number of likely N-dealkylation sites (tertiary alicyclic amines) is 1. The van der Waals surface area contributed by atoms with Gasteiger partial charge in [0.1, 0.15) is 11.8 Å². The lowest BCUT2D eigenvalue weighted by Crippen LogP contribution is -2.32. The Hall–Kier alpha value is -1.56. The second kappa shape index (κ2) is 7.59. The van der Waals surface area contributed by atoms with Crippen molar-refractivity contribution in [1.29, 1.82) is 5.26 Å². The number of piperidine rings is 1. The van der Waals surface area contributed by atoms with Crippen LogP contribution in [0.25, 0.3) is 10.9 Å². The molecule has 0 atom stereocenters. The zero-order chi connectivity index (χ0) is 18.9. The summed E-state index contributed by atoms with van der Waals surface area (Å²) >= 11 is 0. The zero-order valence-electron chi connectivity index (χ0n) is 16.5. The zero-order valence-corrected chi connectivity index (χ0v) is 17.4. The molecule has 0 amide bonds. The highest BCUT2D eigenvalue weighted by atomic mass is 31.2. The van der Waals surface area contributed by atoms with Crippen LogP contribution in [0.4, 0.5) is 0 Å². The minimum absolute atomic E-state index is 0.623. The maximum absolute atomic E-state index is 12.1. The first-order valence-electron chi connectivity index (χ1n) is 9.56. The summed E-state index contributed by atoms with van der Waals surface area (Å²) in [7, 11) is -2.10. The van der Waals surface area contributed by atoms with Crippen molar-refractivity contribution >= 4 is 18.0 Å². The van der Waals surface area contributed by atoms with Crippen molar-refractivity contribution in [2.45, 2.75) is 39.8 Å². The molecule has 2 heterocycles. The highest BCUT2D eigenvalue weighted by molar-refractivity contribution is 7.62. The summed E-state index contributed by atoms with van der Waals surface area (Å²) in [4.78, 5) is 2.54. The van der Waals surface area contributed by atoms with Gasteiger partial charge in [-0.1, -0.05) is 13.0 Å². The number of hydrogen-bond donors (Lipinski definition) is 0. The molecule has 0 unspecified atom stereocenters. The summed E-state index contributed by atoms with van der Waals surface area (Å²) in [5.41, 5.74) is 4.38. The van der Waals surface area contributed by atoms with Gasteiger partial charge in [0, 0.05) is 30.2 Å². The van der Waals surface area contributed by atoms with E-state index in [2.05, 4.69) is 36.9 Å². The standard InChI is InChI=1S/C21H30N3OP/c1-16-7-9-23(10-8-16)15-18-5-6-21-20(17(18)2)13-19(14-22)24(21)11-12-26(3,4)25/h5-6,13,16H,7-12,15H2,1-4H3. The predicted octanol–water partition coefficient (Wildman–Crippen LogP) is 4.68. The number of aryl methyl sites for hydroxylation is 2. The normalized spacial score (nSPS) is 16.9. The number of fused-ring (bicyclic) bond motifs is 1. The first-order valence-corrected chi connectivity index (χ1v) is 12.4. The van der Waals surface area contributed by atoms with E-state index in [9.17, 15) is 9.83 Å². The Kier molecular flexibility index (Phi) is 5.61. The van der Waals surface area contributed by atoms with Crippen LogP contribution in [0, 0.1) is 24.2 Å². The van der Waals surface area contributed by atoms with Crippen LogP contribution in [-0.4, -0.2) is 42.0 Å². The Morgan fingerprint density at radius 3 is 2.58 bits per heavy atom. The Balaban J connectivity index is 1.89. The van der Waals surface area contributed by atoms with E-state index in [-0.39, 0.29) is 0 Å².